The summed E-state index contributed by atoms with van der Waals surface area (Å²) in [6, 6.07) is 0.482. The highest BCUT2D eigenvalue weighted by atomic mass is 16.2. The monoisotopic (exact) mass is 253 g/mol. The third kappa shape index (κ3) is 2.66. The van der Waals surface area contributed by atoms with E-state index in [2.05, 4.69) is 10.6 Å². The number of carbonyl (C=O) groups is 2. The second kappa shape index (κ2) is 5.26. The van der Waals surface area contributed by atoms with Crippen molar-refractivity contribution in [1.29, 1.82) is 0 Å². The average molecular weight is 253 g/mol. The van der Waals surface area contributed by atoms with Crippen LogP contribution in [-0.4, -0.2) is 47.9 Å². The van der Waals surface area contributed by atoms with E-state index in [4.69, 9.17) is 0 Å². The van der Waals surface area contributed by atoms with Crippen LogP contribution in [0.15, 0.2) is 0 Å². The summed E-state index contributed by atoms with van der Waals surface area (Å²) in [7, 11) is 0. The van der Waals surface area contributed by atoms with Gasteiger partial charge in [-0.2, -0.15) is 0 Å². The summed E-state index contributed by atoms with van der Waals surface area (Å²) in [5.74, 6) is 0.0460. The zero-order valence-corrected chi connectivity index (χ0v) is 11.3. The third-order valence-electron chi connectivity index (χ3n) is 4.02. The van der Waals surface area contributed by atoms with Gasteiger partial charge in [-0.1, -0.05) is 0 Å². The van der Waals surface area contributed by atoms with Gasteiger partial charge in [-0.15, -0.1) is 0 Å². The first-order chi connectivity index (χ1) is 8.51. The maximum Gasteiger partial charge on any atom is 0.245 e. The highest BCUT2D eigenvalue weighted by molar-refractivity contribution is 5.91. The molecule has 5 heteroatoms. The van der Waals surface area contributed by atoms with Crippen molar-refractivity contribution in [3.63, 3.8) is 0 Å². The minimum atomic E-state index is -0.710. The predicted molar refractivity (Wildman–Crippen MR) is 69.1 cm³/mol. The van der Waals surface area contributed by atoms with Crippen LogP contribution in [0.4, 0.5) is 0 Å². The van der Waals surface area contributed by atoms with E-state index >= 15 is 0 Å². The minimum Gasteiger partial charge on any atom is -0.352 e. The summed E-state index contributed by atoms with van der Waals surface area (Å²) in [5.41, 5.74) is -0.710. The standard InChI is InChI=1S/C13H23N3O2/c1-13(2)12(18)15-8-9-16(13)11(17)6-5-10-4-3-7-14-10/h10,14H,3-9H2,1-2H3,(H,15,18). The Labute approximate surface area is 108 Å². The van der Waals surface area contributed by atoms with E-state index < -0.39 is 5.54 Å². The smallest absolute Gasteiger partial charge is 0.245 e. The summed E-state index contributed by atoms with van der Waals surface area (Å²) in [5, 5.41) is 6.20. The molecule has 0 aromatic rings. The number of carbonyl (C=O) groups excluding carboxylic acids is 2. The Bertz CT molecular complexity index is 335. The van der Waals surface area contributed by atoms with Crippen LogP contribution in [0.25, 0.3) is 0 Å². The largest absolute Gasteiger partial charge is 0.352 e. The number of nitrogens with zero attached hydrogens (tertiary/aromatic N) is 1. The van der Waals surface area contributed by atoms with Gasteiger partial charge < -0.3 is 15.5 Å². The Morgan fingerprint density at radius 3 is 2.89 bits per heavy atom. The normalized spacial score (nSPS) is 27.1. The SMILES string of the molecule is CC1(C)C(=O)NCCN1C(=O)CCC1CCCN1. The van der Waals surface area contributed by atoms with Gasteiger partial charge in [0.15, 0.2) is 0 Å². The summed E-state index contributed by atoms with van der Waals surface area (Å²) in [6.45, 7) is 5.88. The molecule has 102 valence electrons. The molecular formula is C13H23N3O2. The molecule has 2 amide bonds. The van der Waals surface area contributed by atoms with Crippen LogP contribution in [0, 0.1) is 0 Å². The van der Waals surface area contributed by atoms with E-state index in [-0.39, 0.29) is 11.8 Å². The molecule has 2 saturated heterocycles. The Kier molecular flexibility index (Phi) is 3.90. The molecule has 1 unspecified atom stereocenters. The summed E-state index contributed by atoms with van der Waals surface area (Å²) < 4.78 is 0. The van der Waals surface area contributed by atoms with Crippen molar-refractivity contribution in [3.8, 4) is 0 Å². The topological polar surface area (TPSA) is 61.4 Å². The quantitative estimate of drug-likeness (QED) is 0.758. The average Bonchev–Trinajstić information content (AvgIpc) is 2.82. The van der Waals surface area contributed by atoms with Gasteiger partial charge in [0.25, 0.3) is 0 Å². The fourth-order valence-electron chi connectivity index (χ4n) is 2.77. The Morgan fingerprint density at radius 1 is 1.44 bits per heavy atom. The number of nitrogens with one attached hydrogen (secondary N) is 2. The number of hydrogen-bond donors (Lipinski definition) is 2. The minimum absolute atomic E-state index is 0.0545. The lowest BCUT2D eigenvalue weighted by molar-refractivity contribution is -0.149. The van der Waals surface area contributed by atoms with Crippen molar-refractivity contribution in [1.82, 2.24) is 15.5 Å². The number of hydrogen-bond acceptors (Lipinski definition) is 3. The summed E-state index contributed by atoms with van der Waals surface area (Å²) in [6.07, 6.45) is 3.79. The van der Waals surface area contributed by atoms with E-state index in [9.17, 15) is 9.59 Å². The Morgan fingerprint density at radius 2 is 2.22 bits per heavy atom. The van der Waals surface area contributed by atoms with Crippen LogP contribution in [0.1, 0.15) is 39.5 Å². The van der Waals surface area contributed by atoms with Gasteiger partial charge in [-0.05, 0) is 39.7 Å². The first-order valence-corrected chi connectivity index (χ1v) is 6.84. The molecule has 0 aromatic carbocycles. The van der Waals surface area contributed by atoms with Crippen molar-refractivity contribution >= 4 is 11.8 Å². The van der Waals surface area contributed by atoms with E-state index in [1.807, 2.05) is 13.8 Å². The maximum absolute atomic E-state index is 12.2. The van der Waals surface area contributed by atoms with E-state index in [0.717, 1.165) is 19.4 Å². The van der Waals surface area contributed by atoms with E-state index in [1.165, 1.54) is 6.42 Å². The van der Waals surface area contributed by atoms with Gasteiger partial charge >= 0.3 is 0 Å². The summed E-state index contributed by atoms with van der Waals surface area (Å²) >= 11 is 0. The molecule has 5 nitrogen and oxygen atoms in total. The molecule has 2 aliphatic rings. The molecule has 1 atom stereocenters. The molecule has 0 radical (unpaired) electrons. The van der Waals surface area contributed by atoms with Gasteiger partial charge in [0.05, 0.1) is 0 Å². The highest BCUT2D eigenvalue weighted by Gasteiger charge is 2.40. The second-order valence-corrected chi connectivity index (χ2v) is 5.69. The first-order valence-electron chi connectivity index (χ1n) is 6.84. The molecule has 2 rings (SSSR count). The molecule has 0 bridgehead atoms. The Balaban J connectivity index is 1.89. The lowest BCUT2D eigenvalue weighted by Crippen LogP contribution is -2.63. The van der Waals surface area contributed by atoms with Crippen LogP contribution in [0.2, 0.25) is 0 Å². The van der Waals surface area contributed by atoms with Gasteiger partial charge in [-0.3, -0.25) is 9.59 Å². The van der Waals surface area contributed by atoms with Gasteiger partial charge in [0, 0.05) is 25.6 Å². The molecular weight excluding hydrogens is 230 g/mol. The molecule has 0 aliphatic carbocycles. The number of rotatable bonds is 3. The van der Waals surface area contributed by atoms with Crippen molar-refractivity contribution < 1.29 is 9.59 Å². The van der Waals surface area contributed by atoms with Gasteiger partial charge in [0.2, 0.25) is 11.8 Å². The molecule has 0 spiro atoms. The first kappa shape index (κ1) is 13.3. The van der Waals surface area contributed by atoms with Crippen molar-refractivity contribution in [3.05, 3.63) is 0 Å². The lowest BCUT2D eigenvalue weighted by Gasteiger charge is -2.41. The third-order valence-corrected chi connectivity index (χ3v) is 4.02. The van der Waals surface area contributed by atoms with Gasteiger partial charge in [-0.25, -0.2) is 0 Å². The summed E-state index contributed by atoms with van der Waals surface area (Å²) in [4.78, 5) is 25.7. The molecule has 0 aromatic heterocycles. The number of piperazine rings is 1. The molecule has 18 heavy (non-hydrogen) atoms. The van der Waals surface area contributed by atoms with Crippen LogP contribution >= 0.6 is 0 Å². The van der Waals surface area contributed by atoms with Crippen molar-refractivity contribution in [2.45, 2.75) is 51.1 Å². The van der Waals surface area contributed by atoms with Crippen molar-refractivity contribution in [2.75, 3.05) is 19.6 Å². The number of amides is 2. The van der Waals surface area contributed by atoms with Crippen molar-refractivity contribution in [2.24, 2.45) is 0 Å². The molecule has 2 N–H and O–H groups in total. The molecule has 0 saturated carbocycles. The zero-order valence-electron chi connectivity index (χ0n) is 11.3. The fraction of sp³-hybridized carbons (Fsp3) is 0.846. The molecule has 2 fully saturated rings. The van der Waals surface area contributed by atoms with E-state index in [0.29, 0.717) is 25.6 Å². The molecule has 2 heterocycles. The van der Waals surface area contributed by atoms with Gasteiger partial charge in [0.1, 0.15) is 5.54 Å². The van der Waals surface area contributed by atoms with Crippen LogP contribution in [-0.2, 0) is 9.59 Å². The Hall–Kier alpha value is -1.10. The highest BCUT2D eigenvalue weighted by Crippen LogP contribution is 2.20. The van der Waals surface area contributed by atoms with Crippen LogP contribution < -0.4 is 10.6 Å². The molecule has 2 aliphatic heterocycles. The fourth-order valence-corrected chi connectivity index (χ4v) is 2.77. The van der Waals surface area contributed by atoms with Crippen LogP contribution in [0.3, 0.4) is 0 Å². The van der Waals surface area contributed by atoms with E-state index in [1.54, 1.807) is 4.90 Å². The zero-order chi connectivity index (χ0) is 13.2. The van der Waals surface area contributed by atoms with Crippen LogP contribution in [0.5, 0.6) is 0 Å². The second-order valence-electron chi connectivity index (χ2n) is 5.69. The maximum atomic E-state index is 12.2. The predicted octanol–water partition coefficient (Wildman–Crippen LogP) is 0.256. The lowest BCUT2D eigenvalue weighted by atomic mass is 9.97.